The largest absolute Gasteiger partial charge is 0.383 e. The van der Waals surface area contributed by atoms with Crippen LogP contribution in [0.25, 0.3) is 0 Å². The number of alkyl halides is 1. The Hall–Kier alpha value is -1.53. The van der Waals surface area contributed by atoms with Gasteiger partial charge in [-0.3, -0.25) is 14.7 Å². The molecule has 0 radical (unpaired) electrons. The van der Waals surface area contributed by atoms with Crippen LogP contribution in [-0.2, 0) is 16.1 Å². The minimum absolute atomic E-state index is 0.214. The molecule has 0 N–H and O–H groups in total. The third-order valence-corrected chi connectivity index (χ3v) is 6.83. The zero-order valence-electron chi connectivity index (χ0n) is 16.2. The van der Waals surface area contributed by atoms with Crippen LogP contribution in [0.3, 0.4) is 0 Å². The SMILES string of the molecule is COC[C@@H]1CC2(CCN(C(=O)C3(F)CCC3)CC2)CN1Cc1cccnc1. The van der Waals surface area contributed by atoms with E-state index in [4.69, 9.17) is 4.74 Å². The Morgan fingerprint density at radius 1 is 1.33 bits per heavy atom. The summed E-state index contributed by atoms with van der Waals surface area (Å²) in [5.74, 6) is -0.262. The van der Waals surface area contributed by atoms with E-state index >= 15 is 0 Å². The van der Waals surface area contributed by atoms with Gasteiger partial charge in [-0.25, -0.2) is 4.39 Å². The summed E-state index contributed by atoms with van der Waals surface area (Å²) >= 11 is 0. The van der Waals surface area contributed by atoms with Crippen LogP contribution in [0.15, 0.2) is 24.5 Å². The molecule has 3 aliphatic rings. The average Bonchev–Trinajstić information content (AvgIpc) is 2.97. The lowest BCUT2D eigenvalue weighted by Gasteiger charge is -2.43. The number of carbonyl (C=O) groups excluding carboxylic acids is 1. The summed E-state index contributed by atoms with van der Waals surface area (Å²) in [5.41, 5.74) is -0.135. The van der Waals surface area contributed by atoms with Crippen molar-refractivity contribution in [2.45, 2.75) is 56.8 Å². The number of piperidine rings is 1. The van der Waals surface area contributed by atoms with Crippen molar-refractivity contribution >= 4 is 5.91 Å². The number of nitrogens with zero attached hydrogens (tertiary/aromatic N) is 3. The first-order valence-electron chi connectivity index (χ1n) is 10.1. The van der Waals surface area contributed by atoms with Crippen LogP contribution in [0.1, 0.15) is 44.1 Å². The van der Waals surface area contributed by atoms with Crippen LogP contribution in [0.2, 0.25) is 0 Å². The lowest BCUT2D eigenvalue weighted by molar-refractivity contribution is -0.152. The second-order valence-corrected chi connectivity index (χ2v) is 8.69. The molecule has 27 heavy (non-hydrogen) atoms. The van der Waals surface area contributed by atoms with Gasteiger partial charge in [0.05, 0.1) is 6.61 Å². The van der Waals surface area contributed by atoms with Crippen LogP contribution >= 0.6 is 0 Å². The smallest absolute Gasteiger partial charge is 0.260 e. The highest BCUT2D eigenvalue weighted by Gasteiger charge is 2.50. The number of likely N-dealkylation sites (tertiary alicyclic amines) is 2. The lowest BCUT2D eigenvalue weighted by Crippen LogP contribution is -2.54. The van der Waals surface area contributed by atoms with E-state index in [2.05, 4.69) is 16.0 Å². The summed E-state index contributed by atoms with van der Waals surface area (Å²) in [4.78, 5) is 21.0. The van der Waals surface area contributed by atoms with E-state index < -0.39 is 5.67 Å². The van der Waals surface area contributed by atoms with Gasteiger partial charge in [0.15, 0.2) is 5.67 Å². The number of carbonyl (C=O) groups is 1. The van der Waals surface area contributed by atoms with Crippen molar-refractivity contribution in [3.05, 3.63) is 30.1 Å². The Balaban J connectivity index is 1.39. The van der Waals surface area contributed by atoms with E-state index in [1.54, 1.807) is 18.2 Å². The van der Waals surface area contributed by atoms with Gasteiger partial charge >= 0.3 is 0 Å². The average molecular weight is 375 g/mol. The normalized spacial score (nSPS) is 26.9. The van der Waals surface area contributed by atoms with Crippen LogP contribution in [0.4, 0.5) is 4.39 Å². The molecule has 0 bridgehead atoms. The zero-order valence-corrected chi connectivity index (χ0v) is 16.2. The summed E-state index contributed by atoms with van der Waals surface area (Å²) in [7, 11) is 1.76. The number of ether oxygens (including phenoxy) is 1. The van der Waals surface area contributed by atoms with Crippen molar-refractivity contribution in [3.63, 3.8) is 0 Å². The molecule has 148 valence electrons. The standard InChI is InChI=1S/C21H30FN3O2/c1-27-15-18-12-20(16-25(18)14-17-4-2-9-23-13-17)7-10-24(11-8-20)19(26)21(22)5-3-6-21/h2,4,9,13,18H,3,5-8,10-12,14-16H2,1H3/t18-/m0/s1. The molecule has 3 fully saturated rings. The van der Waals surface area contributed by atoms with Crippen LogP contribution in [0, 0.1) is 5.41 Å². The van der Waals surface area contributed by atoms with E-state index in [-0.39, 0.29) is 11.3 Å². The molecule has 1 aliphatic carbocycles. The molecule has 1 atom stereocenters. The van der Waals surface area contributed by atoms with Crippen molar-refractivity contribution < 1.29 is 13.9 Å². The monoisotopic (exact) mass is 375 g/mol. The Bertz CT molecular complexity index is 657. The maximum absolute atomic E-state index is 14.5. The molecule has 2 saturated heterocycles. The predicted octanol–water partition coefficient (Wildman–Crippen LogP) is 2.80. The van der Waals surface area contributed by atoms with Gasteiger partial charge in [0, 0.05) is 51.7 Å². The minimum Gasteiger partial charge on any atom is -0.383 e. The van der Waals surface area contributed by atoms with Crippen LogP contribution in [-0.4, -0.2) is 65.8 Å². The Morgan fingerprint density at radius 2 is 2.11 bits per heavy atom. The Morgan fingerprint density at radius 3 is 2.70 bits per heavy atom. The number of aromatic nitrogens is 1. The molecular formula is C21H30FN3O2. The minimum atomic E-state index is -1.56. The second-order valence-electron chi connectivity index (χ2n) is 8.69. The number of rotatable bonds is 5. The van der Waals surface area contributed by atoms with Crippen molar-refractivity contribution in [1.29, 1.82) is 0 Å². The van der Waals surface area contributed by atoms with E-state index in [9.17, 15) is 9.18 Å². The molecule has 1 aromatic heterocycles. The summed E-state index contributed by atoms with van der Waals surface area (Å²) in [6.07, 6.45) is 8.37. The molecule has 1 spiro atoms. The molecule has 2 aliphatic heterocycles. The number of methoxy groups -OCH3 is 1. The molecule has 5 nitrogen and oxygen atoms in total. The van der Waals surface area contributed by atoms with Gasteiger partial charge in [-0.15, -0.1) is 0 Å². The zero-order chi connectivity index (χ0) is 18.9. The fourth-order valence-electron chi connectivity index (χ4n) is 5.05. The summed E-state index contributed by atoms with van der Waals surface area (Å²) in [6.45, 7) is 3.98. The van der Waals surface area contributed by atoms with Crippen molar-refractivity contribution in [2.24, 2.45) is 5.41 Å². The number of amides is 1. The van der Waals surface area contributed by atoms with E-state index in [0.29, 0.717) is 32.0 Å². The molecule has 1 amide bonds. The third kappa shape index (κ3) is 3.74. The van der Waals surface area contributed by atoms with E-state index in [0.717, 1.165) is 45.4 Å². The van der Waals surface area contributed by atoms with Gasteiger partial charge in [-0.05, 0) is 55.6 Å². The molecule has 0 aromatic carbocycles. The van der Waals surface area contributed by atoms with Gasteiger partial charge in [0.2, 0.25) is 0 Å². The van der Waals surface area contributed by atoms with Gasteiger partial charge in [0.25, 0.3) is 5.91 Å². The highest BCUT2D eigenvalue weighted by molar-refractivity contribution is 5.86. The molecule has 4 rings (SSSR count). The first-order valence-corrected chi connectivity index (χ1v) is 10.1. The molecule has 6 heteroatoms. The second kappa shape index (κ2) is 7.47. The van der Waals surface area contributed by atoms with Crippen molar-refractivity contribution in [2.75, 3.05) is 33.4 Å². The molecule has 3 heterocycles. The Labute approximate surface area is 160 Å². The first-order chi connectivity index (χ1) is 13.0. The first kappa shape index (κ1) is 18.8. The molecule has 0 unspecified atom stereocenters. The predicted molar refractivity (Wildman–Crippen MR) is 101 cm³/mol. The highest BCUT2D eigenvalue weighted by atomic mass is 19.1. The third-order valence-electron chi connectivity index (χ3n) is 6.83. The van der Waals surface area contributed by atoms with Crippen LogP contribution < -0.4 is 0 Å². The maximum Gasteiger partial charge on any atom is 0.260 e. The fraction of sp³-hybridized carbons (Fsp3) is 0.714. The highest BCUT2D eigenvalue weighted by Crippen LogP contribution is 2.45. The number of hydrogen-bond donors (Lipinski definition) is 0. The maximum atomic E-state index is 14.5. The van der Waals surface area contributed by atoms with Crippen molar-refractivity contribution in [1.82, 2.24) is 14.8 Å². The summed E-state index contributed by atoms with van der Waals surface area (Å²) in [6, 6.07) is 4.48. The topological polar surface area (TPSA) is 45.7 Å². The van der Waals surface area contributed by atoms with E-state index in [1.165, 1.54) is 5.56 Å². The van der Waals surface area contributed by atoms with Gasteiger partial charge < -0.3 is 9.64 Å². The molecule has 1 saturated carbocycles. The van der Waals surface area contributed by atoms with Crippen LogP contribution in [0.5, 0.6) is 0 Å². The molecule has 1 aromatic rings. The van der Waals surface area contributed by atoms with E-state index in [1.807, 2.05) is 12.3 Å². The fourth-order valence-corrected chi connectivity index (χ4v) is 5.05. The van der Waals surface area contributed by atoms with Gasteiger partial charge in [0.1, 0.15) is 0 Å². The lowest BCUT2D eigenvalue weighted by atomic mass is 9.75. The Kier molecular flexibility index (Phi) is 5.21. The van der Waals surface area contributed by atoms with Crippen molar-refractivity contribution in [3.8, 4) is 0 Å². The summed E-state index contributed by atoms with van der Waals surface area (Å²) < 4.78 is 20.0. The number of hydrogen-bond acceptors (Lipinski definition) is 4. The number of halogens is 1. The summed E-state index contributed by atoms with van der Waals surface area (Å²) in [5, 5.41) is 0. The molecular weight excluding hydrogens is 345 g/mol. The van der Waals surface area contributed by atoms with Gasteiger partial charge in [-0.1, -0.05) is 6.07 Å². The number of pyridine rings is 1. The quantitative estimate of drug-likeness (QED) is 0.794. The van der Waals surface area contributed by atoms with Gasteiger partial charge in [-0.2, -0.15) is 0 Å².